The maximum Gasteiger partial charge on any atom is 0.470 e. The highest BCUT2D eigenvalue weighted by atomic mass is 31.2. The minimum atomic E-state index is -4.61. The van der Waals surface area contributed by atoms with Crippen LogP contribution in [0, 0.1) is 0 Å². The number of carbonyl (C=O) groups excluding carboxylic acids is 1. The summed E-state index contributed by atoms with van der Waals surface area (Å²) in [7, 11) is -4.61. The summed E-state index contributed by atoms with van der Waals surface area (Å²) in [6.07, 6.45) is 0.153. The Kier molecular flexibility index (Phi) is 4.67. The zero-order valence-electron chi connectivity index (χ0n) is 8.84. The maximum atomic E-state index is 10.8. The van der Waals surface area contributed by atoms with E-state index >= 15 is 0 Å². The Morgan fingerprint density at radius 1 is 1.53 bits per heavy atom. The average Bonchev–Trinajstić information content (AvgIpc) is 1.99. The van der Waals surface area contributed by atoms with E-state index in [0.717, 1.165) is 6.08 Å². The van der Waals surface area contributed by atoms with Crippen molar-refractivity contribution in [3.05, 3.63) is 12.7 Å². The smallest absolute Gasteiger partial charge is 0.456 e. The normalized spacial score (nSPS) is 14.5. The molecule has 0 aliphatic heterocycles. The number of phosphoric acid groups is 1. The lowest BCUT2D eigenvalue weighted by molar-refractivity contribution is -0.152. The maximum absolute atomic E-state index is 10.8. The van der Waals surface area contributed by atoms with Crippen LogP contribution < -0.4 is 0 Å². The molecular weight excluding hydrogens is 223 g/mol. The summed E-state index contributed by atoms with van der Waals surface area (Å²) in [5.74, 6) is -0.676. The summed E-state index contributed by atoms with van der Waals surface area (Å²) in [6.45, 7) is 7.49. The van der Waals surface area contributed by atoms with Gasteiger partial charge in [-0.1, -0.05) is 6.58 Å². The van der Waals surface area contributed by atoms with Gasteiger partial charge < -0.3 is 14.5 Å². The van der Waals surface area contributed by atoms with Crippen LogP contribution in [-0.4, -0.2) is 27.5 Å². The third-order valence-electron chi connectivity index (χ3n) is 1.79. The first kappa shape index (κ1) is 14.3. The van der Waals surface area contributed by atoms with Crippen LogP contribution in [0.1, 0.15) is 20.8 Å². The van der Waals surface area contributed by atoms with Gasteiger partial charge in [0.1, 0.15) is 11.7 Å². The van der Waals surface area contributed by atoms with Gasteiger partial charge in [-0.3, -0.25) is 4.52 Å². The van der Waals surface area contributed by atoms with Gasteiger partial charge >= 0.3 is 13.8 Å². The van der Waals surface area contributed by atoms with Gasteiger partial charge in [0.2, 0.25) is 0 Å². The highest BCUT2D eigenvalue weighted by molar-refractivity contribution is 7.46. The summed E-state index contributed by atoms with van der Waals surface area (Å²) in [5, 5.41) is 0. The predicted molar refractivity (Wildman–Crippen MR) is 53.0 cm³/mol. The molecule has 1 atom stereocenters. The number of hydrogen-bond donors (Lipinski definition) is 2. The van der Waals surface area contributed by atoms with Crippen molar-refractivity contribution in [2.45, 2.75) is 32.5 Å². The van der Waals surface area contributed by atoms with Crippen LogP contribution in [0.15, 0.2) is 12.7 Å². The molecule has 0 bridgehead atoms. The quantitative estimate of drug-likeness (QED) is 0.421. The van der Waals surface area contributed by atoms with Crippen LogP contribution in [0.25, 0.3) is 0 Å². The molecular formula is C8H15O6P. The molecule has 0 radical (unpaired) electrons. The standard InChI is InChI=1S/C8H15O6P/c1-5-7(9)13-6(2)8(3,4)14-15(10,11)12/h5-6H,1H2,2-4H3,(H2,10,11,12). The van der Waals surface area contributed by atoms with E-state index < -0.39 is 25.5 Å². The highest BCUT2D eigenvalue weighted by Crippen LogP contribution is 2.42. The molecule has 88 valence electrons. The molecule has 0 saturated heterocycles. The van der Waals surface area contributed by atoms with Crippen LogP contribution in [0.5, 0.6) is 0 Å². The molecule has 6 nitrogen and oxygen atoms in total. The lowest BCUT2D eigenvalue weighted by Crippen LogP contribution is -2.39. The van der Waals surface area contributed by atoms with Crippen molar-refractivity contribution in [1.29, 1.82) is 0 Å². The van der Waals surface area contributed by atoms with E-state index in [1.54, 1.807) is 0 Å². The third kappa shape index (κ3) is 5.69. The molecule has 0 saturated carbocycles. The number of hydrogen-bond acceptors (Lipinski definition) is 4. The number of esters is 1. The molecule has 0 spiro atoms. The average molecular weight is 238 g/mol. The number of rotatable bonds is 5. The van der Waals surface area contributed by atoms with Crippen molar-refractivity contribution in [2.24, 2.45) is 0 Å². The summed E-state index contributed by atoms with van der Waals surface area (Å²) in [5.41, 5.74) is -1.28. The fourth-order valence-corrected chi connectivity index (χ4v) is 1.51. The molecule has 0 fully saturated rings. The van der Waals surface area contributed by atoms with Crippen LogP contribution in [0.3, 0.4) is 0 Å². The van der Waals surface area contributed by atoms with Gasteiger partial charge in [0.15, 0.2) is 0 Å². The van der Waals surface area contributed by atoms with Crippen LogP contribution >= 0.6 is 7.82 Å². The number of phosphoric ester groups is 1. The van der Waals surface area contributed by atoms with E-state index in [1.807, 2.05) is 0 Å². The van der Waals surface area contributed by atoms with Gasteiger partial charge in [-0.05, 0) is 20.8 Å². The first-order valence-corrected chi connectivity index (χ1v) is 5.71. The van der Waals surface area contributed by atoms with Gasteiger partial charge in [0, 0.05) is 6.08 Å². The van der Waals surface area contributed by atoms with Crippen LogP contribution in [0.2, 0.25) is 0 Å². The Morgan fingerprint density at radius 2 is 2.00 bits per heavy atom. The van der Waals surface area contributed by atoms with Crippen LogP contribution in [-0.2, 0) is 18.6 Å². The van der Waals surface area contributed by atoms with E-state index in [1.165, 1.54) is 20.8 Å². The van der Waals surface area contributed by atoms with Gasteiger partial charge in [0.25, 0.3) is 0 Å². The van der Waals surface area contributed by atoms with Crippen molar-refractivity contribution in [2.75, 3.05) is 0 Å². The zero-order chi connectivity index (χ0) is 12.3. The topological polar surface area (TPSA) is 93.1 Å². The largest absolute Gasteiger partial charge is 0.470 e. The van der Waals surface area contributed by atoms with Crippen molar-refractivity contribution >= 4 is 13.8 Å². The minimum absolute atomic E-state index is 0.676. The lowest BCUT2D eigenvalue weighted by atomic mass is 10.0. The Morgan fingerprint density at radius 3 is 2.33 bits per heavy atom. The van der Waals surface area contributed by atoms with Crippen molar-refractivity contribution in [1.82, 2.24) is 0 Å². The molecule has 1 unspecified atom stereocenters. The molecule has 2 N–H and O–H groups in total. The third-order valence-corrected chi connectivity index (χ3v) is 2.50. The Bertz CT molecular complexity index is 292. The molecule has 7 heteroatoms. The van der Waals surface area contributed by atoms with Gasteiger partial charge in [0.05, 0.1) is 0 Å². The number of ether oxygens (including phenoxy) is 1. The molecule has 0 aromatic heterocycles. The lowest BCUT2D eigenvalue weighted by Gasteiger charge is -2.30. The summed E-state index contributed by atoms with van der Waals surface area (Å²) >= 11 is 0. The van der Waals surface area contributed by atoms with Crippen LogP contribution in [0.4, 0.5) is 0 Å². The van der Waals surface area contributed by atoms with Gasteiger partial charge in [-0.15, -0.1) is 0 Å². The molecule has 0 rings (SSSR count). The Hall–Kier alpha value is -0.680. The van der Waals surface area contributed by atoms with E-state index in [-0.39, 0.29) is 0 Å². The Balaban J connectivity index is 4.51. The first-order valence-electron chi connectivity index (χ1n) is 4.18. The molecule has 15 heavy (non-hydrogen) atoms. The summed E-state index contributed by atoms with van der Waals surface area (Å²) in [4.78, 5) is 28.1. The van der Waals surface area contributed by atoms with E-state index in [9.17, 15) is 9.36 Å². The fraction of sp³-hybridized carbons (Fsp3) is 0.625. The minimum Gasteiger partial charge on any atom is -0.456 e. The van der Waals surface area contributed by atoms with Crippen molar-refractivity contribution < 1.29 is 28.4 Å². The molecule has 0 aromatic carbocycles. The Labute approximate surface area is 88.1 Å². The number of carbonyl (C=O) groups is 1. The van der Waals surface area contributed by atoms with Gasteiger partial charge in [-0.25, -0.2) is 9.36 Å². The molecule has 0 aliphatic rings. The van der Waals surface area contributed by atoms with Crippen molar-refractivity contribution in [3.8, 4) is 0 Å². The van der Waals surface area contributed by atoms with Crippen molar-refractivity contribution in [3.63, 3.8) is 0 Å². The molecule has 0 heterocycles. The SMILES string of the molecule is C=CC(=O)OC(C)C(C)(C)OP(=O)(O)O. The second kappa shape index (κ2) is 4.90. The highest BCUT2D eigenvalue weighted by Gasteiger charge is 2.36. The second-order valence-electron chi connectivity index (χ2n) is 3.47. The first-order chi connectivity index (χ1) is 6.58. The fourth-order valence-electron chi connectivity index (χ4n) is 0.745. The summed E-state index contributed by atoms with van der Waals surface area (Å²) < 4.78 is 19.9. The second-order valence-corrected chi connectivity index (χ2v) is 4.63. The zero-order valence-corrected chi connectivity index (χ0v) is 9.73. The molecule has 0 amide bonds. The monoisotopic (exact) mass is 238 g/mol. The van der Waals surface area contributed by atoms with Gasteiger partial charge in [-0.2, -0.15) is 0 Å². The van der Waals surface area contributed by atoms with E-state index in [0.29, 0.717) is 0 Å². The molecule has 0 aromatic rings. The van der Waals surface area contributed by atoms with E-state index in [4.69, 9.17) is 14.5 Å². The predicted octanol–water partition coefficient (Wildman–Crippen LogP) is 0.992. The molecule has 0 aliphatic carbocycles. The van der Waals surface area contributed by atoms with E-state index in [2.05, 4.69) is 11.1 Å². The summed E-state index contributed by atoms with van der Waals surface area (Å²) in [6, 6.07) is 0.